The second kappa shape index (κ2) is 7.16. The Morgan fingerprint density at radius 2 is 2.00 bits per heavy atom. The van der Waals surface area contributed by atoms with Gasteiger partial charge in [0.05, 0.1) is 6.54 Å². The summed E-state index contributed by atoms with van der Waals surface area (Å²) in [4.78, 5) is 16.7. The van der Waals surface area contributed by atoms with Crippen LogP contribution in [0.25, 0.3) is 0 Å². The van der Waals surface area contributed by atoms with Crippen LogP contribution in [0.15, 0.2) is 47.5 Å². The Kier molecular flexibility index (Phi) is 4.99. The first kappa shape index (κ1) is 16.0. The van der Waals surface area contributed by atoms with Crippen LogP contribution in [0.1, 0.15) is 16.7 Å². The first-order chi connectivity index (χ1) is 11.1. The van der Waals surface area contributed by atoms with E-state index in [0.717, 1.165) is 35.6 Å². The molecule has 0 spiro atoms. The van der Waals surface area contributed by atoms with E-state index in [4.69, 9.17) is 23.2 Å². The topological polar surface area (TPSA) is 41.5 Å². The molecule has 2 aromatic carbocycles. The lowest BCUT2D eigenvalue weighted by molar-refractivity contribution is -0.117. The minimum absolute atomic E-state index is 0.118. The second-order valence-electron chi connectivity index (χ2n) is 5.49. The Balaban J connectivity index is 1.69. The van der Waals surface area contributed by atoms with Gasteiger partial charge in [0.15, 0.2) is 0 Å². The van der Waals surface area contributed by atoms with Gasteiger partial charge in [-0.3, -0.25) is 9.79 Å². The van der Waals surface area contributed by atoms with Crippen LogP contribution in [-0.4, -0.2) is 24.7 Å². The lowest BCUT2D eigenvalue weighted by Gasteiger charge is -2.07. The standard InChI is InChI=1S/C18H16Cl2N2O/c19-15-5-4-13(17(20)11-15)10-16(23)9-12-2-1-3-14(8-12)18-21-6-7-22-18/h1-5,8,11H,6-7,9-10H2,(H,21,22). The van der Waals surface area contributed by atoms with Gasteiger partial charge in [0.1, 0.15) is 11.6 Å². The van der Waals surface area contributed by atoms with E-state index < -0.39 is 0 Å². The van der Waals surface area contributed by atoms with Crippen molar-refractivity contribution in [2.24, 2.45) is 4.99 Å². The summed E-state index contributed by atoms with van der Waals surface area (Å²) in [7, 11) is 0. The molecule has 3 nitrogen and oxygen atoms in total. The Morgan fingerprint density at radius 3 is 2.74 bits per heavy atom. The predicted octanol–water partition coefficient (Wildman–Crippen LogP) is 3.70. The van der Waals surface area contributed by atoms with E-state index in [9.17, 15) is 4.79 Å². The molecule has 2 aromatic rings. The zero-order valence-corrected chi connectivity index (χ0v) is 14.0. The number of ketones is 1. The van der Waals surface area contributed by atoms with Crippen molar-refractivity contribution in [1.29, 1.82) is 0 Å². The summed E-state index contributed by atoms with van der Waals surface area (Å²) in [5.74, 6) is 1.02. The van der Waals surface area contributed by atoms with Crippen molar-refractivity contribution in [3.8, 4) is 0 Å². The summed E-state index contributed by atoms with van der Waals surface area (Å²) in [5.41, 5.74) is 2.81. The lowest BCUT2D eigenvalue weighted by Crippen LogP contribution is -2.19. The van der Waals surface area contributed by atoms with Crippen LogP contribution < -0.4 is 5.32 Å². The number of Topliss-reactive ketones (excluding diaryl/α,β-unsaturated/α-hetero) is 1. The zero-order valence-electron chi connectivity index (χ0n) is 12.5. The maximum atomic E-state index is 12.3. The lowest BCUT2D eigenvalue weighted by atomic mass is 10.0. The van der Waals surface area contributed by atoms with Crippen LogP contribution >= 0.6 is 23.2 Å². The van der Waals surface area contributed by atoms with Gasteiger partial charge < -0.3 is 5.32 Å². The SMILES string of the molecule is O=C(Cc1cccc(C2=NCCN2)c1)Cc1ccc(Cl)cc1Cl. The van der Waals surface area contributed by atoms with Gasteiger partial charge in [0.25, 0.3) is 0 Å². The van der Waals surface area contributed by atoms with Crippen molar-refractivity contribution in [2.45, 2.75) is 12.8 Å². The Labute approximate surface area is 145 Å². The highest BCUT2D eigenvalue weighted by atomic mass is 35.5. The van der Waals surface area contributed by atoms with E-state index in [2.05, 4.69) is 10.3 Å². The Bertz CT molecular complexity index is 771. The first-order valence-corrected chi connectivity index (χ1v) is 8.21. The molecule has 0 bridgehead atoms. The smallest absolute Gasteiger partial charge is 0.141 e. The summed E-state index contributed by atoms with van der Waals surface area (Å²) < 4.78 is 0. The summed E-state index contributed by atoms with van der Waals surface area (Å²) in [5, 5.41) is 4.35. The normalized spacial score (nSPS) is 13.6. The van der Waals surface area contributed by atoms with E-state index in [1.54, 1.807) is 18.2 Å². The van der Waals surface area contributed by atoms with Gasteiger partial charge in [-0.25, -0.2) is 0 Å². The van der Waals surface area contributed by atoms with E-state index >= 15 is 0 Å². The minimum Gasteiger partial charge on any atom is -0.368 e. The highest BCUT2D eigenvalue weighted by molar-refractivity contribution is 6.35. The number of nitrogens with one attached hydrogen (secondary N) is 1. The van der Waals surface area contributed by atoms with Crippen LogP contribution in [0.2, 0.25) is 10.0 Å². The van der Waals surface area contributed by atoms with Crippen molar-refractivity contribution in [3.63, 3.8) is 0 Å². The van der Waals surface area contributed by atoms with Gasteiger partial charge in [-0.15, -0.1) is 0 Å². The van der Waals surface area contributed by atoms with Crippen molar-refractivity contribution in [1.82, 2.24) is 5.32 Å². The summed E-state index contributed by atoms with van der Waals surface area (Å²) in [6.07, 6.45) is 0.680. The van der Waals surface area contributed by atoms with Crippen LogP contribution in [0.5, 0.6) is 0 Å². The third-order valence-electron chi connectivity index (χ3n) is 3.68. The van der Waals surface area contributed by atoms with E-state index in [-0.39, 0.29) is 5.78 Å². The molecule has 0 radical (unpaired) electrons. The average Bonchev–Trinajstić information content (AvgIpc) is 3.05. The summed E-state index contributed by atoms with van der Waals surface area (Å²) in [6, 6.07) is 13.1. The van der Waals surface area contributed by atoms with Gasteiger partial charge in [-0.2, -0.15) is 0 Å². The minimum atomic E-state index is 0.118. The number of amidine groups is 1. The number of rotatable bonds is 5. The van der Waals surface area contributed by atoms with E-state index in [1.165, 1.54) is 0 Å². The second-order valence-corrected chi connectivity index (χ2v) is 6.33. The van der Waals surface area contributed by atoms with Crippen LogP contribution in [0, 0.1) is 0 Å². The van der Waals surface area contributed by atoms with Crippen molar-refractivity contribution in [2.75, 3.05) is 13.1 Å². The number of halogens is 2. The van der Waals surface area contributed by atoms with Crippen LogP contribution in [0.4, 0.5) is 0 Å². The van der Waals surface area contributed by atoms with Crippen LogP contribution in [-0.2, 0) is 17.6 Å². The zero-order chi connectivity index (χ0) is 16.2. The molecule has 3 rings (SSSR count). The van der Waals surface area contributed by atoms with E-state index in [1.807, 2.05) is 24.3 Å². The number of aliphatic imine (C=N–C) groups is 1. The molecule has 1 aliphatic rings. The Morgan fingerprint density at radius 1 is 1.13 bits per heavy atom. The molecule has 5 heteroatoms. The molecule has 0 aromatic heterocycles. The molecule has 0 atom stereocenters. The molecular formula is C18H16Cl2N2O. The number of hydrogen-bond donors (Lipinski definition) is 1. The molecular weight excluding hydrogens is 331 g/mol. The van der Waals surface area contributed by atoms with Crippen molar-refractivity contribution >= 4 is 34.8 Å². The van der Waals surface area contributed by atoms with Gasteiger partial charge in [0.2, 0.25) is 0 Å². The molecule has 23 heavy (non-hydrogen) atoms. The molecule has 1 heterocycles. The van der Waals surface area contributed by atoms with Gasteiger partial charge in [-0.05, 0) is 29.3 Å². The number of benzene rings is 2. The highest BCUT2D eigenvalue weighted by Crippen LogP contribution is 2.22. The maximum absolute atomic E-state index is 12.3. The van der Waals surface area contributed by atoms with Gasteiger partial charge >= 0.3 is 0 Å². The fraction of sp³-hybridized carbons (Fsp3) is 0.222. The molecule has 0 aliphatic carbocycles. The van der Waals surface area contributed by atoms with Crippen molar-refractivity contribution in [3.05, 3.63) is 69.2 Å². The van der Waals surface area contributed by atoms with Gasteiger partial charge in [0, 0.05) is 35.0 Å². The summed E-state index contributed by atoms with van der Waals surface area (Å²) >= 11 is 12.0. The summed E-state index contributed by atoms with van der Waals surface area (Å²) in [6.45, 7) is 1.67. The molecule has 1 aliphatic heterocycles. The monoisotopic (exact) mass is 346 g/mol. The van der Waals surface area contributed by atoms with Crippen LogP contribution in [0.3, 0.4) is 0 Å². The molecule has 0 fully saturated rings. The Hall–Kier alpha value is -1.84. The molecule has 1 N–H and O–H groups in total. The molecule has 0 amide bonds. The quantitative estimate of drug-likeness (QED) is 0.896. The number of nitrogens with zero attached hydrogens (tertiary/aromatic N) is 1. The molecule has 0 saturated heterocycles. The fourth-order valence-corrected chi connectivity index (χ4v) is 3.06. The molecule has 0 unspecified atom stereocenters. The number of carbonyl (C=O) groups is 1. The largest absolute Gasteiger partial charge is 0.368 e. The van der Waals surface area contributed by atoms with Crippen molar-refractivity contribution < 1.29 is 4.79 Å². The fourth-order valence-electron chi connectivity index (χ4n) is 2.59. The molecule has 0 saturated carbocycles. The first-order valence-electron chi connectivity index (χ1n) is 7.45. The van der Waals surface area contributed by atoms with Gasteiger partial charge in [-0.1, -0.05) is 47.5 Å². The average molecular weight is 347 g/mol. The maximum Gasteiger partial charge on any atom is 0.141 e. The third kappa shape index (κ3) is 4.12. The number of hydrogen-bond acceptors (Lipinski definition) is 3. The molecule has 118 valence electrons. The number of carbonyl (C=O) groups excluding carboxylic acids is 1. The van der Waals surface area contributed by atoms with E-state index in [0.29, 0.717) is 22.9 Å². The predicted molar refractivity (Wildman–Crippen MR) is 94.7 cm³/mol. The third-order valence-corrected chi connectivity index (χ3v) is 4.27. The highest BCUT2D eigenvalue weighted by Gasteiger charge is 2.11.